The van der Waals surface area contributed by atoms with E-state index in [0.29, 0.717) is 5.75 Å². The molecule has 0 fully saturated rings. The molecule has 0 unspecified atom stereocenters. The molecule has 0 atom stereocenters. The smallest absolute Gasteiger partial charge is 0.335 e. The molecule has 2 aromatic carbocycles. The zero-order valence-corrected chi connectivity index (χ0v) is 12.4. The third kappa shape index (κ3) is 4.71. The van der Waals surface area contributed by atoms with Gasteiger partial charge in [0.2, 0.25) is 0 Å². The highest BCUT2D eigenvalue weighted by Gasteiger charge is 2.04. The topological polar surface area (TPSA) is 72.8 Å². The molecule has 5 nitrogen and oxygen atoms in total. The molecular formula is C18H16O5. The average molecular weight is 312 g/mol. The summed E-state index contributed by atoms with van der Waals surface area (Å²) in [7, 11) is 0. The van der Waals surface area contributed by atoms with Gasteiger partial charge >= 0.3 is 11.9 Å². The van der Waals surface area contributed by atoms with Gasteiger partial charge in [-0.3, -0.25) is 0 Å². The molecule has 118 valence electrons. The first-order chi connectivity index (χ1) is 11.1. The van der Waals surface area contributed by atoms with Gasteiger partial charge in [0, 0.05) is 6.08 Å². The minimum absolute atomic E-state index is 0.156. The van der Waals surface area contributed by atoms with Crippen LogP contribution >= 0.6 is 0 Å². The molecule has 0 heterocycles. The van der Waals surface area contributed by atoms with Crippen molar-refractivity contribution in [3.05, 3.63) is 66.7 Å². The van der Waals surface area contributed by atoms with E-state index in [9.17, 15) is 9.59 Å². The van der Waals surface area contributed by atoms with Crippen LogP contribution in [0.5, 0.6) is 5.75 Å². The summed E-state index contributed by atoms with van der Waals surface area (Å²) in [4.78, 5) is 21.7. The Labute approximate surface area is 133 Å². The third-order valence-corrected chi connectivity index (χ3v) is 3.08. The molecule has 0 aliphatic carbocycles. The van der Waals surface area contributed by atoms with Crippen LogP contribution in [0.1, 0.15) is 10.4 Å². The van der Waals surface area contributed by atoms with Gasteiger partial charge in [-0.25, -0.2) is 9.59 Å². The number of carbonyl (C=O) groups excluding carboxylic acids is 1. The Morgan fingerprint density at radius 2 is 1.52 bits per heavy atom. The summed E-state index contributed by atoms with van der Waals surface area (Å²) in [6, 6.07) is 14.0. The molecular weight excluding hydrogens is 296 g/mol. The Morgan fingerprint density at radius 1 is 0.957 bits per heavy atom. The third-order valence-electron chi connectivity index (χ3n) is 3.08. The number of esters is 1. The maximum absolute atomic E-state index is 10.9. The van der Waals surface area contributed by atoms with E-state index >= 15 is 0 Å². The molecule has 0 spiro atoms. The number of carboxylic acids is 1. The van der Waals surface area contributed by atoms with E-state index in [1.807, 2.05) is 12.1 Å². The first-order valence-corrected chi connectivity index (χ1v) is 6.96. The fraction of sp³-hybridized carbons (Fsp3) is 0.111. The highest BCUT2D eigenvalue weighted by molar-refractivity contribution is 5.88. The first-order valence-electron chi connectivity index (χ1n) is 6.96. The van der Waals surface area contributed by atoms with E-state index < -0.39 is 11.9 Å². The summed E-state index contributed by atoms with van der Waals surface area (Å²) in [5, 5.41) is 8.88. The SMILES string of the molecule is C=CC(=O)OCCOc1ccc(-c2ccc(C(=O)O)cc2)cc1. The molecule has 5 heteroatoms. The lowest BCUT2D eigenvalue weighted by Crippen LogP contribution is -2.10. The largest absolute Gasteiger partial charge is 0.490 e. The lowest BCUT2D eigenvalue weighted by atomic mass is 10.0. The minimum atomic E-state index is -0.947. The van der Waals surface area contributed by atoms with Crippen LogP contribution in [-0.2, 0) is 9.53 Å². The van der Waals surface area contributed by atoms with Crippen molar-refractivity contribution in [3.63, 3.8) is 0 Å². The van der Waals surface area contributed by atoms with Crippen molar-refractivity contribution in [2.45, 2.75) is 0 Å². The first kappa shape index (κ1) is 16.3. The fourth-order valence-electron chi connectivity index (χ4n) is 1.91. The summed E-state index contributed by atoms with van der Waals surface area (Å²) in [5.74, 6) is -0.767. The maximum Gasteiger partial charge on any atom is 0.335 e. The lowest BCUT2D eigenvalue weighted by Gasteiger charge is -2.08. The highest BCUT2D eigenvalue weighted by Crippen LogP contribution is 2.22. The van der Waals surface area contributed by atoms with E-state index in [2.05, 4.69) is 6.58 Å². The normalized spacial score (nSPS) is 9.91. The monoisotopic (exact) mass is 312 g/mol. The van der Waals surface area contributed by atoms with Gasteiger partial charge in [-0.1, -0.05) is 30.8 Å². The molecule has 23 heavy (non-hydrogen) atoms. The van der Waals surface area contributed by atoms with Crippen molar-refractivity contribution in [2.24, 2.45) is 0 Å². The molecule has 0 saturated heterocycles. The molecule has 0 aliphatic rings. The van der Waals surface area contributed by atoms with Crippen molar-refractivity contribution < 1.29 is 24.2 Å². The molecule has 0 aromatic heterocycles. The van der Waals surface area contributed by atoms with Gasteiger partial charge < -0.3 is 14.6 Å². The Bertz CT molecular complexity index is 686. The number of aromatic carboxylic acids is 1. The van der Waals surface area contributed by atoms with Crippen LogP contribution in [0.15, 0.2) is 61.2 Å². The molecule has 2 aromatic rings. The Balaban J connectivity index is 1.92. The molecule has 0 amide bonds. The van der Waals surface area contributed by atoms with Crippen LogP contribution in [-0.4, -0.2) is 30.3 Å². The van der Waals surface area contributed by atoms with Gasteiger partial charge in [-0.15, -0.1) is 0 Å². The van der Waals surface area contributed by atoms with Gasteiger partial charge in [0.05, 0.1) is 5.56 Å². The van der Waals surface area contributed by atoms with Gasteiger partial charge in [-0.2, -0.15) is 0 Å². The summed E-state index contributed by atoms with van der Waals surface area (Å²) >= 11 is 0. The number of rotatable bonds is 7. The summed E-state index contributed by atoms with van der Waals surface area (Å²) in [6.45, 7) is 3.72. The van der Waals surface area contributed by atoms with E-state index in [-0.39, 0.29) is 18.8 Å². The van der Waals surface area contributed by atoms with Crippen LogP contribution in [0.2, 0.25) is 0 Å². The van der Waals surface area contributed by atoms with E-state index in [1.165, 1.54) is 0 Å². The second-order valence-corrected chi connectivity index (χ2v) is 4.63. The van der Waals surface area contributed by atoms with Gasteiger partial charge in [0.15, 0.2) is 0 Å². The molecule has 2 rings (SSSR count). The lowest BCUT2D eigenvalue weighted by molar-refractivity contribution is -0.138. The van der Waals surface area contributed by atoms with Crippen LogP contribution in [0.25, 0.3) is 11.1 Å². The summed E-state index contributed by atoms with van der Waals surface area (Å²) < 4.78 is 10.3. The van der Waals surface area contributed by atoms with Crippen molar-refractivity contribution >= 4 is 11.9 Å². The Morgan fingerprint density at radius 3 is 2.04 bits per heavy atom. The Kier molecular flexibility index (Phi) is 5.52. The van der Waals surface area contributed by atoms with Crippen LogP contribution in [0.4, 0.5) is 0 Å². The van der Waals surface area contributed by atoms with E-state index in [0.717, 1.165) is 17.2 Å². The van der Waals surface area contributed by atoms with Crippen molar-refractivity contribution in [1.29, 1.82) is 0 Å². The molecule has 0 radical (unpaired) electrons. The second kappa shape index (κ2) is 7.79. The van der Waals surface area contributed by atoms with Gasteiger partial charge in [0.25, 0.3) is 0 Å². The number of carboxylic acid groups (broad SMARTS) is 1. The van der Waals surface area contributed by atoms with Crippen LogP contribution in [0.3, 0.4) is 0 Å². The molecule has 0 aliphatic heterocycles. The number of ether oxygens (including phenoxy) is 2. The standard InChI is InChI=1S/C18H16O5/c1-2-17(19)23-12-11-22-16-9-7-14(8-10-16)13-3-5-15(6-4-13)18(20)21/h2-10H,1,11-12H2,(H,20,21). The van der Waals surface area contributed by atoms with Gasteiger partial charge in [0.1, 0.15) is 19.0 Å². The predicted octanol–water partition coefficient (Wildman–Crippen LogP) is 3.16. The van der Waals surface area contributed by atoms with Crippen LogP contribution in [0, 0.1) is 0 Å². The number of hydrogen-bond donors (Lipinski definition) is 1. The molecule has 0 bridgehead atoms. The van der Waals surface area contributed by atoms with Crippen molar-refractivity contribution in [2.75, 3.05) is 13.2 Å². The maximum atomic E-state index is 10.9. The summed E-state index contributed by atoms with van der Waals surface area (Å²) in [5.41, 5.74) is 2.12. The zero-order chi connectivity index (χ0) is 16.7. The quantitative estimate of drug-likeness (QED) is 0.483. The molecule has 0 saturated carbocycles. The number of hydrogen-bond acceptors (Lipinski definition) is 4. The van der Waals surface area contributed by atoms with Crippen LogP contribution < -0.4 is 4.74 Å². The highest BCUT2D eigenvalue weighted by atomic mass is 16.6. The minimum Gasteiger partial charge on any atom is -0.490 e. The molecule has 1 N–H and O–H groups in total. The summed E-state index contributed by atoms with van der Waals surface area (Å²) in [6.07, 6.45) is 1.10. The van der Waals surface area contributed by atoms with E-state index in [4.69, 9.17) is 14.6 Å². The van der Waals surface area contributed by atoms with Crippen molar-refractivity contribution in [1.82, 2.24) is 0 Å². The van der Waals surface area contributed by atoms with E-state index in [1.54, 1.807) is 36.4 Å². The number of benzene rings is 2. The second-order valence-electron chi connectivity index (χ2n) is 4.63. The number of carbonyl (C=O) groups is 2. The average Bonchev–Trinajstić information content (AvgIpc) is 2.59. The Hall–Kier alpha value is -3.08. The van der Waals surface area contributed by atoms with Crippen molar-refractivity contribution in [3.8, 4) is 16.9 Å². The predicted molar refractivity (Wildman–Crippen MR) is 85.5 cm³/mol. The zero-order valence-electron chi connectivity index (χ0n) is 12.4. The fourth-order valence-corrected chi connectivity index (χ4v) is 1.91. The van der Waals surface area contributed by atoms with Gasteiger partial charge in [-0.05, 0) is 35.4 Å².